The molecule has 0 bridgehead atoms. The van der Waals surface area contributed by atoms with Gasteiger partial charge in [0.25, 0.3) is 0 Å². The van der Waals surface area contributed by atoms with E-state index in [4.69, 9.17) is 17.4 Å². The summed E-state index contributed by atoms with van der Waals surface area (Å²) in [7, 11) is 0. The molecule has 1 aromatic carbocycles. The zero-order chi connectivity index (χ0) is 16.4. The van der Waals surface area contributed by atoms with Crippen LogP contribution in [0.2, 0.25) is 5.02 Å². The molecular weight excluding hydrogens is 334 g/mol. The maximum absolute atomic E-state index is 11.9. The fraction of sp³-hybridized carbons (Fsp3) is 0.400. The Kier molecular flexibility index (Phi) is 4.77. The Morgan fingerprint density at radius 3 is 3.00 bits per heavy atom. The minimum absolute atomic E-state index is 0.0123. The van der Waals surface area contributed by atoms with Gasteiger partial charge in [0.05, 0.1) is 5.75 Å². The van der Waals surface area contributed by atoms with Gasteiger partial charge >= 0.3 is 0 Å². The highest BCUT2D eigenvalue weighted by atomic mass is 35.5. The second-order valence-electron chi connectivity index (χ2n) is 5.67. The Hall–Kier alpha value is -1.73. The molecule has 23 heavy (non-hydrogen) atoms. The molecule has 1 aromatic heterocycles. The number of amides is 1. The summed E-state index contributed by atoms with van der Waals surface area (Å²) in [4.78, 5) is 11.9. The van der Waals surface area contributed by atoms with E-state index in [0.717, 1.165) is 5.56 Å². The first-order chi connectivity index (χ1) is 11.0. The molecule has 1 heterocycles. The molecule has 0 radical (unpaired) electrons. The molecule has 0 unspecified atom stereocenters. The van der Waals surface area contributed by atoms with Gasteiger partial charge in [0.1, 0.15) is 0 Å². The molecule has 1 fully saturated rings. The highest BCUT2D eigenvalue weighted by Crippen LogP contribution is 2.32. The summed E-state index contributed by atoms with van der Waals surface area (Å²) in [6, 6.07) is 7.47. The van der Waals surface area contributed by atoms with E-state index in [1.807, 2.05) is 19.1 Å². The van der Waals surface area contributed by atoms with Crippen molar-refractivity contribution < 1.29 is 4.79 Å². The minimum atomic E-state index is -0.0123. The van der Waals surface area contributed by atoms with Crippen LogP contribution in [0.25, 0.3) is 11.4 Å². The van der Waals surface area contributed by atoms with Crippen LogP contribution in [-0.2, 0) is 4.79 Å². The SMILES string of the molecule is C[C@@H](NC(=O)CSc1nnc(-c2cccc(Cl)c2)n1N)C1CC1. The van der Waals surface area contributed by atoms with E-state index in [2.05, 4.69) is 15.5 Å². The number of hydrogen-bond donors (Lipinski definition) is 2. The highest BCUT2D eigenvalue weighted by molar-refractivity contribution is 7.99. The Morgan fingerprint density at radius 2 is 2.30 bits per heavy atom. The number of carbonyl (C=O) groups is 1. The Balaban J connectivity index is 1.62. The molecule has 3 rings (SSSR count). The summed E-state index contributed by atoms with van der Waals surface area (Å²) in [6.45, 7) is 2.04. The van der Waals surface area contributed by atoms with Crippen LogP contribution in [0.5, 0.6) is 0 Å². The van der Waals surface area contributed by atoms with Gasteiger partial charge in [0, 0.05) is 16.6 Å². The van der Waals surface area contributed by atoms with Crippen LogP contribution in [0.3, 0.4) is 0 Å². The van der Waals surface area contributed by atoms with Gasteiger partial charge in [-0.15, -0.1) is 10.2 Å². The standard InChI is InChI=1S/C15H18ClN5OS/c1-9(10-5-6-10)18-13(22)8-23-15-20-19-14(21(15)17)11-3-2-4-12(16)7-11/h2-4,7,9-10H,5-6,8,17H2,1H3,(H,18,22)/t9-/m1/s1. The van der Waals surface area contributed by atoms with Crippen LogP contribution in [0.15, 0.2) is 29.4 Å². The number of benzene rings is 1. The number of nitrogens with two attached hydrogens (primary N) is 1. The first kappa shape index (κ1) is 16.1. The van der Waals surface area contributed by atoms with E-state index in [1.165, 1.54) is 29.3 Å². The number of nitrogen functional groups attached to an aromatic ring is 1. The molecule has 1 aliphatic carbocycles. The number of aromatic nitrogens is 3. The van der Waals surface area contributed by atoms with Crippen molar-refractivity contribution in [3.05, 3.63) is 29.3 Å². The molecule has 1 aliphatic rings. The van der Waals surface area contributed by atoms with Gasteiger partial charge < -0.3 is 11.2 Å². The third-order valence-corrected chi connectivity index (χ3v) is 4.98. The summed E-state index contributed by atoms with van der Waals surface area (Å²) in [6.07, 6.45) is 2.41. The molecule has 3 N–H and O–H groups in total. The van der Waals surface area contributed by atoms with E-state index in [1.54, 1.807) is 12.1 Å². The predicted octanol–water partition coefficient (Wildman–Crippen LogP) is 2.32. The van der Waals surface area contributed by atoms with Crippen LogP contribution in [0, 0.1) is 5.92 Å². The average Bonchev–Trinajstić information content (AvgIpc) is 3.30. The normalized spacial score (nSPS) is 15.4. The second kappa shape index (κ2) is 6.80. The molecule has 122 valence electrons. The van der Waals surface area contributed by atoms with Crippen LogP contribution in [-0.4, -0.2) is 32.6 Å². The lowest BCUT2D eigenvalue weighted by atomic mass is 10.2. The minimum Gasteiger partial charge on any atom is -0.353 e. The lowest BCUT2D eigenvalue weighted by Crippen LogP contribution is -2.35. The largest absolute Gasteiger partial charge is 0.353 e. The van der Waals surface area contributed by atoms with Crippen molar-refractivity contribution in [2.24, 2.45) is 5.92 Å². The molecule has 0 spiro atoms. The number of hydrogen-bond acceptors (Lipinski definition) is 5. The molecule has 0 saturated heterocycles. The van der Waals surface area contributed by atoms with E-state index >= 15 is 0 Å². The summed E-state index contributed by atoms with van der Waals surface area (Å²) in [5, 5.41) is 12.2. The van der Waals surface area contributed by atoms with Crippen molar-refractivity contribution in [1.82, 2.24) is 20.2 Å². The lowest BCUT2D eigenvalue weighted by molar-refractivity contribution is -0.119. The number of carbonyl (C=O) groups excluding carboxylic acids is 1. The number of nitrogens with zero attached hydrogens (tertiary/aromatic N) is 3. The molecule has 1 atom stereocenters. The Morgan fingerprint density at radius 1 is 1.52 bits per heavy atom. The summed E-state index contributed by atoms with van der Waals surface area (Å²) < 4.78 is 1.38. The Labute approximate surface area is 143 Å². The van der Waals surface area contributed by atoms with Crippen LogP contribution in [0.4, 0.5) is 0 Å². The monoisotopic (exact) mass is 351 g/mol. The molecular formula is C15H18ClN5OS. The fourth-order valence-corrected chi connectivity index (χ4v) is 3.20. The van der Waals surface area contributed by atoms with Crippen molar-refractivity contribution in [3.63, 3.8) is 0 Å². The quantitative estimate of drug-likeness (QED) is 0.616. The van der Waals surface area contributed by atoms with Gasteiger partial charge in [-0.3, -0.25) is 4.79 Å². The number of thioether (sulfide) groups is 1. The van der Waals surface area contributed by atoms with Crippen molar-refractivity contribution in [2.45, 2.75) is 31.0 Å². The number of nitrogens with one attached hydrogen (secondary N) is 1. The first-order valence-electron chi connectivity index (χ1n) is 7.43. The van der Waals surface area contributed by atoms with E-state index in [-0.39, 0.29) is 17.7 Å². The van der Waals surface area contributed by atoms with Gasteiger partial charge in [-0.1, -0.05) is 35.5 Å². The van der Waals surface area contributed by atoms with Gasteiger partial charge in [-0.2, -0.15) is 0 Å². The molecule has 8 heteroatoms. The zero-order valence-corrected chi connectivity index (χ0v) is 14.3. The topological polar surface area (TPSA) is 85.8 Å². The van der Waals surface area contributed by atoms with Crippen LogP contribution < -0.4 is 11.2 Å². The Bertz CT molecular complexity index is 716. The molecule has 1 amide bonds. The summed E-state index contributed by atoms with van der Waals surface area (Å²) in [5.41, 5.74) is 0.783. The predicted molar refractivity (Wildman–Crippen MR) is 91.7 cm³/mol. The van der Waals surface area contributed by atoms with Crippen LogP contribution in [0.1, 0.15) is 19.8 Å². The van der Waals surface area contributed by atoms with E-state index in [0.29, 0.717) is 21.9 Å². The third-order valence-electron chi connectivity index (χ3n) is 3.80. The highest BCUT2D eigenvalue weighted by Gasteiger charge is 2.28. The fourth-order valence-electron chi connectivity index (χ4n) is 2.34. The molecule has 2 aromatic rings. The maximum Gasteiger partial charge on any atom is 0.230 e. The van der Waals surface area contributed by atoms with Gasteiger partial charge in [0.2, 0.25) is 11.1 Å². The van der Waals surface area contributed by atoms with Gasteiger partial charge in [-0.05, 0) is 37.8 Å². The molecule has 6 nitrogen and oxygen atoms in total. The van der Waals surface area contributed by atoms with Crippen molar-refractivity contribution in [1.29, 1.82) is 0 Å². The third kappa shape index (κ3) is 3.97. The van der Waals surface area contributed by atoms with Crippen molar-refractivity contribution in [3.8, 4) is 11.4 Å². The first-order valence-corrected chi connectivity index (χ1v) is 8.79. The van der Waals surface area contributed by atoms with Crippen molar-refractivity contribution >= 4 is 29.3 Å². The zero-order valence-electron chi connectivity index (χ0n) is 12.7. The van der Waals surface area contributed by atoms with E-state index in [9.17, 15) is 4.79 Å². The van der Waals surface area contributed by atoms with Crippen molar-refractivity contribution in [2.75, 3.05) is 11.6 Å². The van der Waals surface area contributed by atoms with E-state index < -0.39 is 0 Å². The lowest BCUT2D eigenvalue weighted by Gasteiger charge is -2.12. The van der Waals surface area contributed by atoms with Gasteiger partial charge in [0.15, 0.2) is 5.82 Å². The summed E-state index contributed by atoms with van der Waals surface area (Å²) >= 11 is 7.25. The second-order valence-corrected chi connectivity index (χ2v) is 7.05. The maximum atomic E-state index is 11.9. The van der Waals surface area contributed by atoms with Crippen LogP contribution >= 0.6 is 23.4 Å². The number of rotatable bonds is 6. The summed E-state index contributed by atoms with van der Waals surface area (Å²) in [5.74, 6) is 7.43. The molecule has 1 saturated carbocycles. The number of halogens is 1. The smallest absolute Gasteiger partial charge is 0.230 e. The molecule has 0 aliphatic heterocycles. The average molecular weight is 352 g/mol. The van der Waals surface area contributed by atoms with Gasteiger partial charge in [-0.25, -0.2) is 4.68 Å².